The van der Waals surface area contributed by atoms with Gasteiger partial charge in [-0.3, -0.25) is 0 Å². The molecule has 258 valence electrons. The Bertz CT molecular complexity index is 1590. The van der Waals surface area contributed by atoms with E-state index in [2.05, 4.69) is 76.2 Å². The summed E-state index contributed by atoms with van der Waals surface area (Å²) in [4.78, 5) is 0. The summed E-state index contributed by atoms with van der Waals surface area (Å²) in [6.45, 7) is 18.2. The van der Waals surface area contributed by atoms with Crippen LogP contribution in [0.25, 0.3) is 0 Å². The zero-order chi connectivity index (χ0) is 36.8. The average Bonchev–Trinajstić information content (AvgIpc) is 3.05. The third-order valence-electron chi connectivity index (χ3n) is 7.03. The number of phenols is 4. The molecule has 0 aliphatic rings. The topological polar surface area (TPSA) is 80.9 Å². The van der Waals surface area contributed by atoms with Gasteiger partial charge in [-0.05, 0) is 127 Å². The standard InChI is InChI=1S/C8H10O.2C8H10.3C7H8O/c1-6-3-4-8(9)5-7(6)2;1-7-3-5-8(2)6-4-7;1-7-4-3-5-8(2)6-7;1-6-2-4-7(8)5-3-6;1-6-3-2-4-7(8)5-6;1-6-4-2-3-5-7(6)8/h3-5,9H,1-2H3;2*3-6H,1-2H3;3*2-5,8H,1H3. The maximum absolute atomic E-state index is 8.94. The molecule has 0 unspecified atom stereocenters. The number of phenolic OH excluding ortho intramolecular Hbond substituents is 4. The molecule has 4 nitrogen and oxygen atoms in total. The second-order valence-corrected chi connectivity index (χ2v) is 12.0. The van der Waals surface area contributed by atoms with Crippen molar-refractivity contribution in [2.45, 2.75) is 62.3 Å². The largest absolute Gasteiger partial charge is 0.508 e. The monoisotopic (exact) mass is 658 g/mol. The van der Waals surface area contributed by atoms with Crippen molar-refractivity contribution >= 4 is 0 Å². The average molecular weight is 659 g/mol. The number of rotatable bonds is 0. The summed E-state index contributed by atoms with van der Waals surface area (Å²) in [6.07, 6.45) is 0. The first-order valence-corrected chi connectivity index (χ1v) is 16.2. The van der Waals surface area contributed by atoms with Gasteiger partial charge in [-0.25, -0.2) is 0 Å². The Morgan fingerprint density at radius 2 is 0.673 bits per heavy atom. The van der Waals surface area contributed by atoms with Crippen LogP contribution in [0, 0.1) is 62.3 Å². The van der Waals surface area contributed by atoms with Gasteiger partial charge in [0, 0.05) is 0 Å². The van der Waals surface area contributed by atoms with Gasteiger partial charge in [0.1, 0.15) is 23.0 Å². The van der Waals surface area contributed by atoms with E-state index >= 15 is 0 Å². The summed E-state index contributed by atoms with van der Waals surface area (Å²) in [5.41, 5.74) is 10.9. The van der Waals surface area contributed by atoms with E-state index in [1.54, 1.807) is 42.5 Å². The molecule has 6 aromatic rings. The van der Waals surface area contributed by atoms with Crippen LogP contribution in [0.3, 0.4) is 0 Å². The Morgan fingerprint density at radius 3 is 0.980 bits per heavy atom. The number of hydrogen-bond donors (Lipinski definition) is 4. The summed E-state index contributed by atoms with van der Waals surface area (Å²) in [5, 5.41) is 35.4. The van der Waals surface area contributed by atoms with E-state index in [9.17, 15) is 0 Å². The minimum atomic E-state index is 0.329. The lowest BCUT2D eigenvalue weighted by Crippen LogP contribution is -1.76. The van der Waals surface area contributed by atoms with Crippen LogP contribution in [0.1, 0.15) is 50.1 Å². The second-order valence-electron chi connectivity index (χ2n) is 12.0. The molecular formula is C45H54O4. The Kier molecular flexibility index (Phi) is 19.5. The van der Waals surface area contributed by atoms with Gasteiger partial charge in [-0.1, -0.05) is 125 Å². The molecule has 6 aromatic carbocycles. The SMILES string of the molecule is Cc1ccc(C)cc1.Cc1ccc(O)cc1.Cc1ccc(O)cc1C.Cc1cccc(C)c1.Cc1cccc(O)c1.Cc1ccccc1O. The molecule has 0 radical (unpaired) electrons. The van der Waals surface area contributed by atoms with Crippen molar-refractivity contribution in [3.05, 3.63) is 190 Å². The lowest BCUT2D eigenvalue weighted by atomic mass is 10.1. The Balaban J connectivity index is 0.000000294. The molecule has 0 saturated carbocycles. The summed E-state index contributed by atoms with van der Waals surface area (Å²) in [7, 11) is 0. The van der Waals surface area contributed by atoms with Crippen LogP contribution in [-0.2, 0) is 0 Å². The number of hydrogen-bond acceptors (Lipinski definition) is 4. The maximum atomic E-state index is 8.94. The maximum Gasteiger partial charge on any atom is 0.118 e. The molecule has 6 rings (SSSR count). The van der Waals surface area contributed by atoms with E-state index in [4.69, 9.17) is 20.4 Å². The van der Waals surface area contributed by atoms with Crippen LogP contribution in [0.15, 0.2) is 140 Å². The Morgan fingerprint density at radius 1 is 0.265 bits per heavy atom. The molecule has 0 heterocycles. The van der Waals surface area contributed by atoms with Crippen LogP contribution in [-0.4, -0.2) is 20.4 Å². The van der Waals surface area contributed by atoms with Crippen LogP contribution in [0.4, 0.5) is 0 Å². The molecule has 0 amide bonds. The Hall–Kier alpha value is -5.48. The fourth-order valence-electron chi connectivity index (χ4n) is 3.91. The summed E-state index contributed by atoms with van der Waals surface area (Å²) >= 11 is 0. The molecule has 0 spiro atoms. The predicted molar refractivity (Wildman–Crippen MR) is 208 cm³/mol. The molecule has 0 aromatic heterocycles. The van der Waals surface area contributed by atoms with Crippen LogP contribution in [0.2, 0.25) is 0 Å². The molecule has 0 bridgehead atoms. The summed E-state index contributed by atoms with van der Waals surface area (Å²) in [5.74, 6) is 1.38. The van der Waals surface area contributed by atoms with Gasteiger partial charge in [0.2, 0.25) is 0 Å². The molecule has 0 aliphatic carbocycles. The number of benzene rings is 6. The normalized spacial score (nSPS) is 9.24. The molecular weight excluding hydrogens is 604 g/mol. The van der Waals surface area contributed by atoms with Crippen molar-refractivity contribution in [2.75, 3.05) is 0 Å². The van der Waals surface area contributed by atoms with Crippen molar-refractivity contribution in [3.63, 3.8) is 0 Å². The number of para-hydroxylation sites is 1. The zero-order valence-electron chi connectivity index (χ0n) is 30.6. The molecule has 0 aliphatic heterocycles. The van der Waals surface area contributed by atoms with E-state index in [-0.39, 0.29) is 0 Å². The van der Waals surface area contributed by atoms with Crippen molar-refractivity contribution in [3.8, 4) is 23.0 Å². The number of aryl methyl sites for hydroxylation is 9. The van der Waals surface area contributed by atoms with Crippen molar-refractivity contribution in [2.24, 2.45) is 0 Å². The molecule has 4 heteroatoms. The van der Waals surface area contributed by atoms with Gasteiger partial charge in [-0.2, -0.15) is 0 Å². The van der Waals surface area contributed by atoms with Gasteiger partial charge in [0.15, 0.2) is 0 Å². The first-order chi connectivity index (χ1) is 23.2. The van der Waals surface area contributed by atoms with E-state index < -0.39 is 0 Å². The quantitative estimate of drug-likeness (QED) is 0.131. The van der Waals surface area contributed by atoms with E-state index in [1.165, 1.54) is 33.4 Å². The lowest BCUT2D eigenvalue weighted by Gasteiger charge is -1.97. The molecule has 4 N–H and O–H groups in total. The summed E-state index contributed by atoms with van der Waals surface area (Å²) < 4.78 is 0. The van der Waals surface area contributed by atoms with Crippen LogP contribution in [0.5, 0.6) is 23.0 Å². The first-order valence-electron chi connectivity index (χ1n) is 16.2. The molecule has 0 saturated heterocycles. The minimum Gasteiger partial charge on any atom is -0.508 e. The highest BCUT2D eigenvalue weighted by molar-refractivity contribution is 5.33. The fourth-order valence-corrected chi connectivity index (χ4v) is 3.91. The fraction of sp³-hybridized carbons (Fsp3) is 0.200. The third-order valence-corrected chi connectivity index (χ3v) is 7.03. The lowest BCUT2D eigenvalue weighted by molar-refractivity contribution is 0.471. The molecule has 49 heavy (non-hydrogen) atoms. The smallest absolute Gasteiger partial charge is 0.118 e. The van der Waals surface area contributed by atoms with Crippen molar-refractivity contribution in [1.29, 1.82) is 0 Å². The summed E-state index contributed by atoms with van der Waals surface area (Å²) in [6, 6.07) is 43.8. The molecule has 0 atom stereocenters. The van der Waals surface area contributed by atoms with Crippen LogP contribution >= 0.6 is 0 Å². The van der Waals surface area contributed by atoms with Gasteiger partial charge in [-0.15, -0.1) is 0 Å². The van der Waals surface area contributed by atoms with Gasteiger partial charge >= 0.3 is 0 Å². The van der Waals surface area contributed by atoms with Crippen LogP contribution < -0.4 is 0 Å². The van der Waals surface area contributed by atoms with E-state index in [0.717, 1.165) is 16.7 Å². The highest BCUT2D eigenvalue weighted by Gasteiger charge is 1.91. The highest BCUT2D eigenvalue weighted by atomic mass is 16.3. The van der Waals surface area contributed by atoms with E-state index in [1.807, 2.05) is 83.1 Å². The highest BCUT2D eigenvalue weighted by Crippen LogP contribution is 2.14. The van der Waals surface area contributed by atoms with Crippen molar-refractivity contribution in [1.82, 2.24) is 0 Å². The minimum absolute atomic E-state index is 0.329. The Labute approximate surface area is 294 Å². The van der Waals surface area contributed by atoms with Gasteiger partial charge in [0.05, 0.1) is 0 Å². The molecule has 0 fully saturated rings. The van der Waals surface area contributed by atoms with Crippen molar-refractivity contribution < 1.29 is 20.4 Å². The second kappa shape index (κ2) is 22.9. The number of aromatic hydroxyl groups is 4. The van der Waals surface area contributed by atoms with Gasteiger partial charge < -0.3 is 20.4 Å². The zero-order valence-corrected chi connectivity index (χ0v) is 30.6. The first kappa shape index (κ1) is 41.5. The third kappa shape index (κ3) is 20.4. The van der Waals surface area contributed by atoms with Gasteiger partial charge in [0.25, 0.3) is 0 Å². The van der Waals surface area contributed by atoms with E-state index in [0.29, 0.717) is 23.0 Å². The predicted octanol–water partition coefficient (Wildman–Crippen LogP) is 11.7.